The summed E-state index contributed by atoms with van der Waals surface area (Å²) >= 11 is 3.18. The molecular weight excluding hydrogens is 329 g/mol. The van der Waals surface area contributed by atoms with Gasteiger partial charge < -0.3 is 5.32 Å². The summed E-state index contributed by atoms with van der Waals surface area (Å²) in [5.41, 5.74) is 0.199. The van der Waals surface area contributed by atoms with E-state index >= 15 is 0 Å². The number of rotatable bonds is 6. The Kier molecular flexibility index (Phi) is 5.59. The summed E-state index contributed by atoms with van der Waals surface area (Å²) in [7, 11) is 0. The van der Waals surface area contributed by atoms with E-state index in [4.69, 9.17) is 0 Å². The number of nitro groups is 1. The van der Waals surface area contributed by atoms with E-state index in [1.807, 2.05) is 0 Å². The van der Waals surface area contributed by atoms with E-state index in [9.17, 15) is 23.3 Å². The standard InChI is InChI=1S/C11H12BrF3N2O2/c12-8-3-4-10(17(18)19)9(7-8)16-6-2-1-5-11(13,14)15/h3-4,7,16H,1-2,5-6H2. The molecule has 0 aliphatic heterocycles. The molecule has 0 aromatic heterocycles. The molecule has 0 fully saturated rings. The molecule has 0 saturated heterocycles. The fourth-order valence-corrected chi connectivity index (χ4v) is 1.84. The number of nitro benzene ring substituents is 1. The van der Waals surface area contributed by atoms with Crippen LogP contribution in [0.1, 0.15) is 19.3 Å². The average molecular weight is 341 g/mol. The Hall–Kier alpha value is -1.31. The predicted octanol–water partition coefficient (Wildman–Crippen LogP) is 4.50. The van der Waals surface area contributed by atoms with Crippen molar-refractivity contribution in [3.63, 3.8) is 0 Å². The fraction of sp³-hybridized carbons (Fsp3) is 0.455. The topological polar surface area (TPSA) is 55.2 Å². The average Bonchev–Trinajstić information content (AvgIpc) is 2.26. The van der Waals surface area contributed by atoms with E-state index in [1.165, 1.54) is 18.2 Å². The molecule has 0 aliphatic carbocycles. The molecule has 4 nitrogen and oxygen atoms in total. The lowest BCUT2D eigenvalue weighted by Crippen LogP contribution is -2.09. The van der Waals surface area contributed by atoms with Crippen LogP contribution in [-0.2, 0) is 0 Å². The van der Waals surface area contributed by atoms with Crippen LogP contribution >= 0.6 is 15.9 Å². The van der Waals surface area contributed by atoms with Gasteiger partial charge in [0, 0.05) is 23.5 Å². The minimum absolute atomic E-state index is 0.00169. The number of halogens is 4. The van der Waals surface area contributed by atoms with Crippen LogP contribution in [0.15, 0.2) is 22.7 Å². The molecule has 0 saturated carbocycles. The number of hydrogen-bond donors (Lipinski definition) is 1. The molecule has 1 aromatic carbocycles. The highest BCUT2D eigenvalue weighted by Gasteiger charge is 2.25. The lowest BCUT2D eigenvalue weighted by Gasteiger charge is -2.08. The minimum Gasteiger partial charge on any atom is -0.379 e. The molecule has 0 atom stereocenters. The first-order valence-corrected chi connectivity index (χ1v) is 6.33. The molecular formula is C11H12BrF3N2O2. The molecule has 1 rings (SSSR count). The van der Waals surface area contributed by atoms with E-state index in [-0.39, 0.29) is 18.7 Å². The molecule has 0 heterocycles. The molecule has 8 heteroatoms. The summed E-state index contributed by atoms with van der Waals surface area (Å²) in [6.45, 7) is 0.257. The number of anilines is 1. The van der Waals surface area contributed by atoms with Crippen LogP contribution in [0.5, 0.6) is 0 Å². The van der Waals surface area contributed by atoms with Crippen molar-refractivity contribution in [3.05, 3.63) is 32.8 Å². The smallest absolute Gasteiger partial charge is 0.379 e. The summed E-state index contributed by atoms with van der Waals surface area (Å²) in [6, 6.07) is 4.40. The van der Waals surface area contributed by atoms with Gasteiger partial charge in [-0.05, 0) is 25.0 Å². The van der Waals surface area contributed by atoms with Gasteiger partial charge in [-0.25, -0.2) is 0 Å². The molecule has 1 N–H and O–H groups in total. The van der Waals surface area contributed by atoms with E-state index < -0.39 is 17.5 Å². The van der Waals surface area contributed by atoms with Crippen LogP contribution in [0.3, 0.4) is 0 Å². The SMILES string of the molecule is O=[N+]([O-])c1ccc(Br)cc1NCCCCC(F)(F)F. The van der Waals surface area contributed by atoms with Crippen LogP contribution in [0.2, 0.25) is 0 Å². The highest BCUT2D eigenvalue weighted by Crippen LogP contribution is 2.28. The zero-order chi connectivity index (χ0) is 14.5. The van der Waals surface area contributed by atoms with Gasteiger partial charge in [-0.1, -0.05) is 15.9 Å². The van der Waals surface area contributed by atoms with Gasteiger partial charge in [0.2, 0.25) is 0 Å². The van der Waals surface area contributed by atoms with E-state index in [0.29, 0.717) is 16.6 Å². The second-order valence-electron chi connectivity index (χ2n) is 3.92. The van der Waals surface area contributed by atoms with Crippen molar-refractivity contribution >= 4 is 27.3 Å². The Bertz CT molecular complexity index is 452. The summed E-state index contributed by atoms with van der Waals surface area (Å²) in [4.78, 5) is 10.2. The summed E-state index contributed by atoms with van der Waals surface area (Å²) < 4.78 is 36.4. The normalized spacial score (nSPS) is 11.4. The third-order valence-electron chi connectivity index (χ3n) is 2.36. The van der Waals surface area contributed by atoms with Gasteiger partial charge in [0.15, 0.2) is 0 Å². The second kappa shape index (κ2) is 6.74. The molecule has 1 aromatic rings. The van der Waals surface area contributed by atoms with Crippen molar-refractivity contribution in [1.82, 2.24) is 0 Å². The second-order valence-corrected chi connectivity index (χ2v) is 4.83. The minimum atomic E-state index is -4.15. The van der Waals surface area contributed by atoms with Gasteiger partial charge in [-0.15, -0.1) is 0 Å². The van der Waals surface area contributed by atoms with Gasteiger partial charge in [0.25, 0.3) is 5.69 Å². The lowest BCUT2D eigenvalue weighted by atomic mass is 10.2. The van der Waals surface area contributed by atoms with Crippen LogP contribution in [0, 0.1) is 10.1 Å². The quantitative estimate of drug-likeness (QED) is 0.471. The number of alkyl halides is 3. The third kappa shape index (κ3) is 5.91. The molecule has 0 bridgehead atoms. The van der Waals surface area contributed by atoms with Crippen LogP contribution in [0.25, 0.3) is 0 Å². The maximum atomic E-state index is 11.9. The van der Waals surface area contributed by atoms with Gasteiger partial charge in [0.05, 0.1) is 4.92 Å². The first-order valence-electron chi connectivity index (χ1n) is 5.54. The van der Waals surface area contributed by atoms with Crippen molar-refractivity contribution in [2.45, 2.75) is 25.4 Å². The molecule has 0 amide bonds. The van der Waals surface area contributed by atoms with Crippen molar-refractivity contribution in [2.24, 2.45) is 0 Å². The van der Waals surface area contributed by atoms with Crippen molar-refractivity contribution in [1.29, 1.82) is 0 Å². The predicted molar refractivity (Wildman–Crippen MR) is 69.2 cm³/mol. The Morgan fingerprint density at radius 3 is 2.58 bits per heavy atom. The zero-order valence-electron chi connectivity index (χ0n) is 9.84. The van der Waals surface area contributed by atoms with E-state index in [2.05, 4.69) is 21.2 Å². The Balaban J connectivity index is 2.49. The molecule has 0 unspecified atom stereocenters. The maximum absolute atomic E-state index is 11.9. The third-order valence-corrected chi connectivity index (χ3v) is 2.85. The Morgan fingerprint density at radius 1 is 1.32 bits per heavy atom. The summed E-state index contributed by atoms with van der Waals surface area (Å²) in [6.07, 6.45) is -4.70. The Labute approximate surface area is 116 Å². The van der Waals surface area contributed by atoms with Gasteiger partial charge >= 0.3 is 6.18 Å². The number of benzene rings is 1. The number of unbranched alkanes of at least 4 members (excludes halogenated alkanes) is 1. The fourth-order valence-electron chi connectivity index (χ4n) is 1.48. The first kappa shape index (κ1) is 15.7. The molecule has 0 radical (unpaired) electrons. The molecule has 0 spiro atoms. The van der Waals surface area contributed by atoms with Crippen LogP contribution in [-0.4, -0.2) is 17.6 Å². The highest BCUT2D eigenvalue weighted by atomic mass is 79.9. The highest BCUT2D eigenvalue weighted by molar-refractivity contribution is 9.10. The van der Waals surface area contributed by atoms with Gasteiger partial charge in [0.1, 0.15) is 5.69 Å². The first-order chi connectivity index (χ1) is 8.79. The van der Waals surface area contributed by atoms with Crippen LogP contribution < -0.4 is 5.32 Å². The van der Waals surface area contributed by atoms with Crippen molar-refractivity contribution in [2.75, 3.05) is 11.9 Å². The van der Waals surface area contributed by atoms with Crippen molar-refractivity contribution < 1.29 is 18.1 Å². The number of nitrogens with one attached hydrogen (secondary N) is 1. The number of hydrogen-bond acceptors (Lipinski definition) is 3. The molecule has 106 valence electrons. The Morgan fingerprint density at radius 2 is 2.00 bits per heavy atom. The summed E-state index contributed by atoms with van der Waals surface area (Å²) in [5.74, 6) is 0. The zero-order valence-corrected chi connectivity index (χ0v) is 11.4. The summed E-state index contributed by atoms with van der Waals surface area (Å²) in [5, 5.41) is 13.5. The molecule has 0 aliphatic rings. The van der Waals surface area contributed by atoms with E-state index in [1.54, 1.807) is 0 Å². The van der Waals surface area contributed by atoms with Crippen LogP contribution in [0.4, 0.5) is 24.5 Å². The largest absolute Gasteiger partial charge is 0.389 e. The number of nitrogens with zero attached hydrogens (tertiary/aromatic N) is 1. The van der Waals surface area contributed by atoms with Gasteiger partial charge in [-0.2, -0.15) is 13.2 Å². The monoisotopic (exact) mass is 340 g/mol. The van der Waals surface area contributed by atoms with Crippen molar-refractivity contribution in [3.8, 4) is 0 Å². The lowest BCUT2D eigenvalue weighted by molar-refractivity contribution is -0.384. The maximum Gasteiger partial charge on any atom is 0.389 e. The molecule has 19 heavy (non-hydrogen) atoms. The van der Waals surface area contributed by atoms with E-state index in [0.717, 1.165) is 0 Å². The van der Waals surface area contributed by atoms with Gasteiger partial charge in [-0.3, -0.25) is 10.1 Å².